The number of aliphatic hydroxyl groups is 1. The molecule has 0 saturated carbocycles. The van der Waals surface area contributed by atoms with Gasteiger partial charge in [-0.25, -0.2) is 0 Å². The topological polar surface area (TPSA) is 117 Å². The first-order valence-corrected chi connectivity index (χ1v) is 9.05. The van der Waals surface area contributed by atoms with Gasteiger partial charge in [0, 0.05) is 23.4 Å². The minimum atomic E-state index is -0.523. The van der Waals surface area contributed by atoms with Crippen LogP contribution in [0.2, 0.25) is 0 Å². The summed E-state index contributed by atoms with van der Waals surface area (Å²) in [5.41, 5.74) is 1.47. The van der Waals surface area contributed by atoms with Crippen LogP contribution in [0.3, 0.4) is 0 Å². The molecule has 30 heavy (non-hydrogen) atoms. The number of imide groups is 1. The molecular formula is C21H21N3O6. The Balaban J connectivity index is 1.73. The fourth-order valence-electron chi connectivity index (χ4n) is 2.87. The molecule has 3 N–H and O–H groups in total. The Morgan fingerprint density at radius 2 is 1.80 bits per heavy atom. The van der Waals surface area contributed by atoms with E-state index in [9.17, 15) is 14.4 Å². The van der Waals surface area contributed by atoms with Gasteiger partial charge in [0.05, 0.1) is 33.1 Å². The van der Waals surface area contributed by atoms with Crippen molar-refractivity contribution in [3.05, 3.63) is 59.8 Å². The molecule has 156 valence electrons. The van der Waals surface area contributed by atoms with Gasteiger partial charge in [0.25, 0.3) is 17.7 Å². The number of β-amino-alcohol motifs (C(OH)–C–C–N with tert-alkyl or cyclic N) is 1. The number of rotatable bonds is 8. The van der Waals surface area contributed by atoms with Gasteiger partial charge in [-0.2, -0.15) is 0 Å². The fourth-order valence-corrected chi connectivity index (χ4v) is 2.87. The largest absolute Gasteiger partial charge is 0.497 e. The highest BCUT2D eigenvalue weighted by molar-refractivity contribution is 6.17. The predicted molar refractivity (Wildman–Crippen MR) is 109 cm³/mol. The summed E-state index contributed by atoms with van der Waals surface area (Å²) in [5.74, 6) is -0.329. The first kappa shape index (κ1) is 20.9. The van der Waals surface area contributed by atoms with Crippen molar-refractivity contribution >= 4 is 29.1 Å². The van der Waals surface area contributed by atoms with E-state index < -0.39 is 11.8 Å². The first-order valence-electron chi connectivity index (χ1n) is 9.05. The zero-order chi connectivity index (χ0) is 21.7. The van der Waals surface area contributed by atoms with Crippen molar-refractivity contribution in [2.24, 2.45) is 0 Å². The third kappa shape index (κ3) is 4.41. The van der Waals surface area contributed by atoms with E-state index in [4.69, 9.17) is 14.6 Å². The van der Waals surface area contributed by atoms with Crippen LogP contribution < -0.4 is 20.1 Å². The van der Waals surface area contributed by atoms with Crippen LogP contribution in [0, 0.1) is 0 Å². The van der Waals surface area contributed by atoms with Crippen LogP contribution in [0.15, 0.2) is 54.2 Å². The normalized spacial score (nSPS) is 13.2. The van der Waals surface area contributed by atoms with Crippen molar-refractivity contribution in [2.75, 3.05) is 38.0 Å². The second-order valence-corrected chi connectivity index (χ2v) is 6.30. The summed E-state index contributed by atoms with van der Waals surface area (Å²) in [6.45, 7) is -0.381. The van der Waals surface area contributed by atoms with Crippen LogP contribution in [0.4, 0.5) is 11.4 Å². The number of anilines is 2. The number of ether oxygens (including phenoxy) is 2. The number of benzene rings is 2. The monoisotopic (exact) mass is 411 g/mol. The molecule has 3 amide bonds. The molecular weight excluding hydrogens is 390 g/mol. The maximum absolute atomic E-state index is 12.5. The molecule has 1 aliphatic heterocycles. The SMILES string of the molecule is COc1ccc(C(=O)Nc2ccc(NC3=CC(=O)N(CCO)C3=O)cc2OC)cc1. The second kappa shape index (κ2) is 9.10. The Bertz CT molecular complexity index is 1000. The van der Waals surface area contributed by atoms with Gasteiger partial charge < -0.3 is 25.2 Å². The van der Waals surface area contributed by atoms with Gasteiger partial charge in [-0.05, 0) is 36.4 Å². The average molecular weight is 411 g/mol. The van der Waals surface area contributed by atoms with Crippen molar-refractivity contribution in [2.45, 2.75) is 0 Å². The molecule has 1 aliphatic rings. The second-order valence-electron chi connectivity index (χ2n) is 6.30. The highest BCUT2D eigenvalue weighted by atomic mass is 16.5. The number of carbonyl (C=O) groups is 3. The summed E-state index contributed by atoms with van der Waals surface area (Å²) < 4.78 is 10.4. The average Bonchev–Trinajstić information content (AvgIpc) is 3.02. The van der Waals surface area contributed by atoms with E-state index in [0.29, 0.717) is 28.4 Å². The lowest BCUT2D eigenvalue weighted by Gasteiger charge is -2.15. The summed E-state index contributed by atoms with van der Waals surface area (Å²) in [6.07, 6.45) is 1.17. The van der Waals surface area contributed by atoms with Gasteiger partial charge >= 0.3 is 0 Å². The minimum absolute atomic E-state index is 0.0704. The maximum Gasteiger partial charge on any atom is 0.277 e. The molecule has 3 rings (SSSR count). The quantitative estimate of drug-likeness (QED) is 0.565. The van der Waals surface area contributed by atoms with Crippen molar-refractivity contribution in [3.8, 4) is 11.5 Å². The summed E-state index contributed by atoms with van der Waals surface area (Å²) in [7, 11) is 3.00. The van der Waals surface area contributed by atoms with E-state index in [2.05, 4.69) is 10.6 Å². The number of nitrogens with zero attached hydrogens (tertiary/aromatic N) is 1. The molecule has 0 unspecified atom stereocenters. The lowest BCUT2D eigenvalue weighted by Crippen LogP contribution is -2.34. The molecule has 0 aliphatic carbocycles. The Kier molecular flexibility index (Phi) is 6.33. The van der Waals surface area contributed by atoms with Gasteiger partial charge in [-0.1, -0.05) is 0 Å². The highest BCUT2D eigenvalue weighted by Crippen LogP contribution is 2.30. The Morgan fingerprint density at radius 1 is 1.07 bits per heavy atom. The third-order valence-electron chi connectivity index (χ3n) is 4.41. The van der Waals surface area contributed by atoms with Crippen molar-refractivity contribution in [1.29, 1.82) is 0 Å². The molecule has 1 heterocycles. The molecule has 0 saturated heterocycles. The Hall–Kier alpha value is -3.85. The first-order chi connectivity index (χ1) is 14.5. The van der Waals surface area contributed by atoms with E-state index in [1.54, 1.807) is 49.6 Å². The van der Waals surface area contributed by atoms with Crippen LogP contribution in [-0.2, 0) is 9.59 Å². The molecule has 0 spiro atoms. The summed E-state index contributed by atoms with van der Waals surface area (Å²) in [4.78, 5) is 37.5. The summed E-state index contributed by atoms with van der Waals surface area (Å²) >= 11 is 0. The lowest BCUT2D eigenvalue weighted by molar-refractivity contribution is -0.137. The molecule has 0 fully saturated rings. The molecule has 2 aromatic rings. The van der Waals surface area contributed by atoms with E-state index >= 15 is 0 Å². The highest BCUT2D eigenvalue weighted by Gasteiger charge is 2.30. The van der Waals surface area contributed by atoms with Gasteiger partial charge in [-0.3, -0.25) is 19.3 Å². The van der Waals surface area contributed by atoms with E-state index in [0.717, 1.165) is 4.90 Å². The van der Waals surface area contributed by atoms with Crippen molar-refractivity contribution in [3.63, 3.8) is 0 Å². The van der Waals surface area contributed by atoms with Gasteiger partial charge in [0.2, 0.25) is 0 Å². The molecule has 0 atom stereocenters. The molecule has 0 aromatic heterocycles. The molecule has 2 aromatic carbocycles. The van der Waals surface area contributed by atoms with E-state index in [1.165, 1.54) is 13.2 Å². The lowest BCUT2D eigenvalue weighted by atomic mass is 10.2. The molecule has 9 heteroatoms. The van der Waals surface area contributed by atoms with Gasteiger partial charge in [-0.15, -0.1) is 0 Å². The number of hydrogen-bond donors (Lipinski definition) is 3. The third-order valence-corrected chi connectivity index (χ3v) is 4.41. The van der Waals surface area contributed by atoms with Crippen LogP contribution in [0.1, 0.15) is 10.4 Å². The van der Waals surface area contributed by atoms with Crippen LogP contribution >= 0.6 is 0 Å². The molecule has 9 nitrogen and oxygen atoms in total. The summed E-state index contributed by atoms with van der Waals surface area (Å²) in [6, 6.07) is 11.5. The number of carbonyl (C=O) groups excluding carboxylic acids is 3. The fraction of sp³-hybridized carbons (Fsp3) is 0.190. The number of amides is 3. The Labute approximate surface area is 172 Å². The maximum atomic E-state index is 12.5. The number of hydrogen-bond acceptors (Lipinski definition) is 7. The van der Waals surface area contributed by atoms with Crippen molar-refractivity contribution < 1.29 is 29.0 Å². The van der Waals surface area contributed by atoms with E-state index in [-0.39, 0.29) is 24.8 Å². The standard InChI is InChI=1S/C21H21N3O6/c1-29-15-6-3-13(4-7-15)20(27)23-16-8-5-14(11-18(16)30-2)22-17-12-19(26)24(9-10-25)21(17)28/h3-8,11-12,22,25H,9-10H2,1-2H3,(H,23,27). The van der Waals surface area contributed by atoms with Crippen LogP contribution in [0.25, 0.3) is 0 Å². The smallest absolute Gasteiger partial charge is 0.277 e. The summed E-state index contributed by atoms with van der Waals surface area (Å²) in [5, 5.41) is 14.6. The zero-order valence-electron chi connectivity index (χ0n) is 16.5. The van der Waals surface area contributed by atoms with Crippen molar-refractivity contribution in [1.82, 2.24) is 4.90 Å². The zero-order valence-corrected chi connectivity index (χ0v) is 16.5. The van der Waals surface area contributed by atoms with Gasteiger partial charge in [0.1, 0.15) is 17.2 Å². The number of aliphatic hydroxyl groups excluding tert-OH is 1. The Morgan fingerprint density at radius 3 is 2.43 bits per heavy atom. The number of methoxy groups -OCH3 is 2. The van der Waals surface area contributed by atoms with E-state index in [1.807, 2.05) is 0 Å². The van der Waals surface area contributed by atoms with Crippen LogP contribution in [0.5, 0.6) is 11.5 Å². The van der Waals surface area contributed by atoms with Crippen LogP contribution in [-0.4, -0.2) is 55.1 Å². The minimum Gasteiger partial charge on any atom is -0.497 e. The van der Waals surface area contributed by atoms with Gasteiger partial charge in [0.15, 0.2) is 0 Å². The number of nitrogens with one attached hydrogen (secondary N) is 2. The molecule has 0 radical (unpaired) electrons. The molecule has 0 bridgehead atoms. The predicted octanol–water partition coefficient (Wildman–Crippen LogP) is 1.61.